The van der Waals surface area contributed by atoms with Crippen LogP contribution in [0.3, 0.4) is 0 Å². The largest absolute Gasteiger partial charge is 0.457 e. The second-order valence-electron chi connectivity index (χ2n) is 7.70. The molecule has 33 heavy (non-hydrogen) atoms. The maximum Gasteiger partial charge on any atom is 0.131 e. The number of benzene rings is 4. The van der Waals surface area contributed by atoms with Gasteiger partial charge in [-0.05, 0) is 59.4 Å². The van der Waals surface area contributed by atoms with E-state index in [9.17, 15) is 0 Å². The third-order valence-corrected chi connectivity index (χ3v) is 8.20. The van der Waals surface area contributed by atoms with E-state index in [0.29, 0.717) is 10.7 Å². The molecule has 0 fully saturated rings. The molecule has 4 aromatic carbocycles. The van der Waals surface area contributed by atoms with Gasteiger partial charge in [-0.3, -0.25) is 0 Å². The van der Waals surface area contributed by atoms with Gasteiger partial charge in [0.2, 0.25) is 0 Å². The summed E-state index contributed by atoms with van der Waals surface area (Å²) in [6.45, 7) is 0. The van der Waals surface area contributed by atoms with Crippen LogP contribution in [0.1, 0.15) is 33.4 Å². The third-order valence-electron chi connectivity index (χ3n) is 5.60. The van der Waals surface area contributed by atoms with Crippen LogP contribution in [-0.4, -0.2) is 0 Å². The Labute approximate surface area is 229 Å². The number of ether oxygens (including phenoxy) is 1. The lowest BCUT2D eigenvalue weighted by Crippen LogP contribution is -2.02. The molecular formula is C28H22Br4O. The van der Waals surface area contributed by atoms with Gasteiger partial charge in [-0.15, -0.1) is 0 Å². The Bertz CT molecular complexity index is 1130. The van der Waals surface area contributed by atoms with Gasteiger partial charge in [-0.25, -0.2) is 0 Å². The van der Waals surface area contributed by atoms with Gasteiger partial charge in [-0.1, -0.05) is 124 Å². The monoisotopic (exact) mass is 690 g/mol. The minimum atomic E-state index is 0.709. The lowest BCUT2D eigenvalue weighted by atomic mass is 9.99. The van der Waals surface area contributed by atoms with Crippen LogP contribution >= 0.6 is 63.7 Å². The summed E-state index contributed by atoms with van der Waals surface area (Å²) < 4.78 is 8.77. The van der Waals surface area contributed by atoms with Crippen molar-refractivity contribution >= 4 is 63.7 Å². The fourth-order valence-corrected chi connectivity index (χ4v) is 6.12. The smallest absolute Gasteiger partial charge is 0.131 e. The van der Waals surface area contributed by atoms with Crippen molar-refractivity contribution in [2.24, 2.45) is 0 Å². The molecule has 0 bridgehead atoms. The lowest BCUT2D eigenvalue weighted by molar-refractivity contribution is 0.473. The normalized spacial score (nSPS) is 10.9. The summed E-state index contributed by atoms with van der Waals surface area (Å²) in [6.07, 6.45) is 1.68. The first-order valence-electron chi connectivity index (χ1n) is 10.6. The van der Waals surface area contributed by atoms with Crippen LogP contribution in [0.2, 0.25) is 0 Å². The molecule has 168 valence electrons. The van der Waals surface area contributed by atoms with Crippen LogP contribution < -0.4 is 4.74 Å². The van der Waals surface area contributed by atoms with Gasteiger partial charge < -0.3 is 4.74 Å². The summed E-state index contributed by atoms with van der Waals surface area (Å²) in [5.74, 6) is 1.74. The van der Waals surface area contributed by atoms with Gasteiger partial charge in [0.1, 0.15) is 11.5 Å². The van der Waals surface area contributed by atoms with Crippen LogP contribution in [-0.2, 0) is 23.5 Å². The molecule has 5 heteroatoms. The second kappa shape index (κ2) is 11.8. The molecular weight excluding hydrogens is 672 g/mol. The Morgan fingerprint density at radius 3 is 1.24 bits per heavy atom. The highest BCUT2D eigenvalue weighted by molar-refractivity contribution is 9.11. The number of alkyl halides is 2. The number of hydrogen-bond acceptors (Lipinski definition) is 1. The molecule has 0 atom stereocenters. The Balaban J connectivity index is 1.71. The Morgan fingerprint density at radius 2 is 0.879 bits per heavy atom. The fraction of sp³-hybridized carbons (Fsp3) is 0.143. The second-order valence-corrected chi connectivity index (χ2v) is 10.5. The Morgan fingerprint density at radius 1 is 0.485 bits per heavy atom. The fourth-order valence-electron chi connectivity index (χ4n) is 3.87. The number of hydrogen-bond donors (Lipinski definition) is 0. The first-order chi connectivity index (χ1) is 16.1. The van der Waals surface area contributed by atoms with Crippen molar-refractivity contribution in [2.45, 2.75) is 23.5 Å². The maximum atomic E-state index is 6.59. The van der Waals surface area contributed by atoms with Gasteiger partial charge in [0.25, 0.3) is 0 Å². The molecule has 0 heterocycles. The van der Waals surface area contributed by atoms with Crippen molar-refractivity contribution in [1.82, 2.24) is 0 Å². The van der Waals surface area contributed by atoms with Crippen LogP contribution in [0, 0.1) is 0 Å². The molecule has 0 aliphatic rings. The van der Waals surface area contributed by atoms with Crippen molar-refractivity contribution < 1.29 is 4.74 Å². The molecule has 0 aliphatic heterocycles. The molecule has 4 rings (SSSR count). The molecule has 0 radical (unpaired) electrons. The molecule has 0 aromatic heterocycles. The van der Waals surface area contributed by atoms with E-state index in [2.05, 4.69) is 124 Å². The molecule has 0 N–H and O–H groups in total. The zero-order valence-corrected chi connectivity index (χ0v) is 24.2. The predicted molar refractivity (Wildman–Crippen MR) is 152 cm³/mol. The van der Waals surface area contributed by atoms with Gasteiger partial charge in [-0.2, -0.15) is 0 Å². The van der Waals surface area contributed by atoms with E-state index in [4.69, 9.17) is 4.74 Å². The summed E-state index contributed by atoms with van der Waals surface area (Å²) in [5, 5.41) is 1.42. The molecule has 0 saturated heterocycles. The molecule has 0 aliphatic carbocycles. The topological polar surface area (TPSA) is 9.23 Å². The van der Waals surface area contributed by atoms with E-state index >= 15 is 0 Å². The van der Waals surface area contributed by atoms with Crippen molar-refractivity contribution in [3.05, 3.63) is 127 Å². The van der Waals surface area contributed by atoms with Gasteiger partial charge in [0.05, 0.1) is 0 Å². The lowest BCUT2D eigenvalue weighted by Gasteiger charge is -2.19. The molecule has 1 nitrogen and oxygen atoms in total. The molecule has 0 amide bonds. The van der Waals surface area contributed by atoms with Gasteiger partial charge in [0.15, 0.2) is 0 Å². The van der Waals surface area contributed by atoms with E-state index in [-0.39, 0.29) is 0 Å². The average Bonchev–Trinajstić information content (AvgIpc) is 2.84. The molecule has 4 aromatic rings. The first kappa shape index (κ1) is 24.7. The minimum absolute atomic E-state index is 0.709. The van der Waals surface area contributed by atoms with Crippen molar-refractivity contribution in [3.63, 3.8) is 0 Å². The van der Waals surface area contributed by atoms with Crippen molar-refractivity contribution in [3.8, 4) is 11.5 Å². The zero-order chi connectivity index (χ0) is 23.2. The highest BCUT2D eigenvalue weighted by atomic mass is 79.9. The summed E-state index contributed by atoms with van der Waals surface area (Å²) >= 11 is 14.9. The van der Waals surface area contributed by atoms with E-state index in [1.807, 2.05) is 24.3 Å². The van der Waals surface area contributed by atoms with E-state index in [1.54, 1.807) is 0 Å². The van der Waals surface area contributed by atoms with Crippen LogP contribution in [0.5, 0.6) is 11.5 Å². The molecule has 0 spiro atoms. The summed E-state index contributed by atoms with van der Waals surface area (Å²) in [7, 11) is 0. The van der Waals surface area contributed by atoms with E-state index < -0.39 is 0 Å². The Kier molecular flexibility index (Phi) is 8.86. The zero-order valence-electron chi connectivity index (χ0n) is 17.8. The van der Waals surface area contributed by atoms with Gasteiger partial charge in [0, 0.05) is 30.7 Å². The quantitative estimate of drug-likeness (QED) is 0.167. The third kappa shape index (κ3) is 6.00. The molecule has 0 unspecified atom stereocenters. The van der Waals surface area contributed by atoms with Crippen LogP contribution in [0.25, 0.3) is 0 Å². The predicted octanol–water partition coefficient (Wildman–Crippen LogP) is 9.98. The van der Waals surface area contributed by atoms with Crippen LogP contribution in [0.4, 0.5) is 0 Å². The highest BCUT2D eigenvalue weighted by Crippen LogP contribution is 2.39. The maximum absolute atomic E-state index is 6.59. The summed E-state index contributed by atoms with van der Waals surface area (Å²) in [5.41, 5.74) is 7.32. The summed E-state index contributed by atoms with van der Waals surface area (Å²) in [6, 6.07) is 29.3. The highest BCUT2D eigenvalue weighted by Gasteiger charge is 2.18. The van der Waals surface area contributed by atoms with Crippen LogP contribution in [0.15, 0.2) is 93.9 Å². The number of halogens is 4. The van der Waals surface area contributed by atoms with E-state index in [1.165, 1.54) is 22.3 Å². The van der Waals surface area contributed by atoms with Crippen molar-refractivity contribution in [2.75, 3.05) is 0 Å². The number of rotatable bonds is 8. The van der Waals surface area contributed by atoms with E-state index in [0.717, 1.165) is 44.4 Å². The Hall–Kier alpha value is -1.40. The standard InChI is InChI=1S/C28H22Br4O/c29-17-23-21(15-19-7-3-1-4-8-19)25(31)11-13-27(23)33-28-14-12-26(32)22(24(28)18-30)16-20-9-5-2-6-10-20/h1-14H,15-18H2. The average molecular weight is 694 g/mol. The van der Waals surface area contributed by atoms with Crippen molar-refractivity contribution in [1.29, 1.82) is 0 Å². The van der Waals surface area contributed by atoms with Gasteiger partial charge >= 0.3 is 0 Å². The minimum Gasteiger partial charge on any atom is -0.457 e. The summed E-state index contributed by atoms with van der Waals surface area (Å²) in [4.78, 5) is 0. The molecule has 0 saturated carbocycles. The SMILES string of the molecule is BrCc1c(Oc2ccc(Br)c(Cc3ccccc3)c2CBr)ccc(Br)c1Cc1ccccc1. The first-order valence-corrected chi connectivity index (χ1v) is 14.4.